The topological polar surface area (TPSA) is 43.6 Å². The maximum absolute atomic E-state index is 5.83. The van der Waals surface area contributed by atoms with E-state index in [1.165, 1.54) is 6.20 Å². The highest BCUT2D eigenvalue weighted by molar-refractivity contribution is 6.29. The molecule has 0 radical (unpaired) electrons. The number of nitrogens with zero attached hydrogens (tertiary/aromatic N) is 4. The molecule has 5 heteroatoms. The molecule has 0 saturated heterocycles. The summed E-state index contributed by atoms with van der Waals surface area (Å²) in [5, 5.41) is 0.409. The zero-order valence-electron chi connectivity index (χ0n) is 9.84. The van der Waals surface area contributed by atoms with E-state index in [4.69, 9.17) is 11.6 Å². The van der Waals surface area contributed by atoms with Crippen molar-refractivity contribution in [3.8, 4) is 0 Å². The van der Waals surface area contributed by atoms with Crippen LogP contribution in [-0.4, -0.2) is 19.5 Å². The van der Waals surface area contributed by atoms with Gasteiger partial charge in [-0.3, -0.25) is 4.98 Å². The van der Waals surface area contributed by atoms with Crippen molar-refractivity contribution < 1.29 is 0 Å². The summed E-state index contributed by atoms with van der Waals surface area (Å²) in [7, 11) is 2.00. The molecule has 0 fully saturated rings. The van der Waals surface area contributed by atoms with E-state index in [1.807, 2.05) is 25.2 Å². The summed E-state index contributed by atoms with van der Waals surface area (Å²) in [4.78, 5) is 12.9. The number of halogens is 1. The smallest absolute Gasteiger partial charge is 0.147 e. The van der Waals surface area contributed by atoms with Crippen molar-refractivity contribution in [1.82, 2.24) is 19.5 Å². The van der Waals surface area contributed by atoms with Gasteiger partial charge in [0.1, 0.15) is 11.0 Å². The summed E-state index contributed by atoms with van der Waals surface area (Å²) in [6, 6.07) is 8.04. The molecule has 3 aromatic rings. The van der Waals surface area contributed by atoms with Crippen LogP contribution in [0.3, 0.4) is 0 Å². The summed E-state index contributed by atoms with van der Waals surface area (Å²) in [5.41, 5.74) is 2.92. The summed E-state index contributed by atoms with van der Waals surface area (Å²) in [5.74, 6) is 0.952. The van der Waals surface area contributed by atoms with Gasteiger partial charge >= 0.3 is 0 Å². The molecule has 1 aromatic carbocycles. The van der Waals surface area contributed by atoms with Crippen molar-refractivity contribution in [3.05, 3.63) is 53.3 Å². The Bertz CT molecular complexity index is 705. The minimum atomic E-state index is 0.409. The number of aryl methyl sites for hydroxylation is 1. The highest BCUT2D eigenvalue weighted by atomic mass is 35.5. The van der Waals surface area contributed by atoms with Gasteiger partial charge < -0.3 is 4.57 Å². The van der Waals surface area contributed by atoms with Crippen LogP contribution in [0.2, 0.25) is 5.15 Å². The Morgan fingerprint density at radius 2 is 2.00 bits per heavy atom. The van der Waals surface area contributed by atoms with E-state index in [9.17, 15) is 0 Å². The highest BCUT2D eigenvalue weighted by Gasteiger charge is 2.08. The average Bonchev–Trinajstić information content (AvgIpc) is 2.67. The Morgan fingerprint density at radius 1 is 1.17 bits per heavy atom. The molecule has 4 nitrogen and oxygen atoms in total. The Kier molecular flexibility index (Phi) is 2.72. The van der Waals surface area contributed by atoms with Crippen molar-refractivity contribution >= 4 is 22.6 Å². The van der Waals surface area contributed by atoms with Crippen LogP contribution in [0.4, 0.5) is 0 Å². The number of benzene rings is 1. The normalized spacial score (nSPS) is 11.0. The lowest BCUT2D eigenvalue weighted by molar-refractivity contribution is 0.828. The molecular weight excluding hydrogens is 248 g/mol. The fraction of sp³-hybridized carbons (Fsp3) is 0.154. The molecule has 2 heterocycles. The Balaban J connectivity index is 2.02. The van der Waals surface area contributed by atoms with E-state index in [-0.39, 0.29) is 0 Å². The number of rotatable bonds is 2. The molecule has 18 heavy (non-hydrogen) atoms. The highest BCUT2D eigenvalue weighted by Crippen LogP contribution is 2.16. The largest absolute Gasteiger partial charge is 0.331 e. The molecule has 0 unspecified atom stereocenters. The molecule has 0 saturated carbocycles. The molecule has 0 spiro atoms. The Hall–Kier alpha value is -1.94. The van der Waals surface area contributed by atoms with Gasteiger partial charge in [-0.2, -0.15) is 0 Å². The van der Waals surface area contributed by atoms with Crippen molar-refractivity contribution in [1.29, 1.82) is 0 Å². The van der Waals surface area contributed by atoms with Gasteiger partial charge in [-0.05, 0) is 12.1 Å². The van der Waals surface area contributed by atoms with Crippen LogP contribution < -0.4 is 0 Å². The van der Waals surface area contributed by atoms with E-state index in [2.05, 4.69) is 25.6 Å². The number of aromatic nitrogens is 4. The van der Waals surface area contributed by atoms with Gasteiger partial charge in [-0.1, -0.05) is 23.7 Å². The summed E-state index contributed by atoms with van der Waals surface area (Å²) < 4.78 is 2.07. The van der Waals surface area contributed by atoms with Crippen molar-refractivity contribution in [2.45, 2.75) is 6.42 Å². The lowest BCUT2D eigenvalue weighted by Crippen LogP contribution is -2.01. The van der Waals surface area contributed by atoms with Gasteiger partial charge in [0.05, 0.1) is 22.9 Å². The summed E-state index contributed by atoms with van der Waals surface area (Å²) in [6.45, 7) is 0. The Labute approximate surface area is 109 Å². The standard InChI is InChI=1S/C13H11ClN4/c1-18-11-5-3-2-4-10(11)17-13(18)6-9-7-15-8-12(14)16-9/h2-5,7-8H,6H2,1H3. The lowest BCUT2D eigenvalue weighted by atomic mass is 10.3. The summed E-state index contributed by atoms with van der Waals surface area (Å²) in [6.07, 6.45) is 3.87. The van der Waals surface area contributed by atoms with Crippen molar-refractivity contribution in [3.63, 3.8) is 0 Å². The maximum Gasteiger partial charge on any atom is 0.147 e. The van der Waals surface area contributed by atoms with Crippen LogP contribution in [0.5, 0.6) is 0 Å². The van der Waals surface area contributed by atoms with Crippen LogP contribution in [0.25, 0.3) is 11.0 Å². The first-order valence-corrected chi connectivity index (χ1v) is 5.98. The molecule has 0 bridgehead atoms. The predicted octanol–water partition coefficient (Wildman–Crippen LogP) is 2.61. The summed E-state index contributed by atoms with van der Waals surface area (Å²) >= 11 is 5.83. The molecule has 2 aromatic heterocycles. The van der Waals surface area contributed by atoms with Gasteiger partial charge in [0.25, 0.3) is 0 Å². The third kappa shape index (κ3) is 1.95. The number of hydrogen-bond donors (Lipinski definition) is 0. The fourth-order valence-electron chi connectivity index (χ4n) is 1.98. The third-order valence-corrected chi connectivity index (χ3v) is 3.06. The lowest BCUT2D eigenvalue weighted by Gasteiger charge is -2.01. The van der Waals surface area contributed by atoms with Gasteiger partial charge in [-0.15, -0.1) is 0 Å². The molecule has 0 aliphatic heterocycles. The molecule has 0 atom stereocenters. The second-order valence-corrected chi connectivity index (χ2v) is 4.47. The Morgan fingerprint density at radius 3 is 2.78 bits per heavy atom. The van der Waals surface area contributed by atoms with Crippen LogP contribution in [-0.2, 0) is 13.5 Å². The van der Waals surface area contributed by atoms with Gasteiger partial charge in [0, 0.05) is 19.7 Å². The first kappa shape index (κ1) is 11.2. The monoisotopic (exact) mass is 258 g/mol. The molecule has 0 aliphatic carbocycles. The van der Waals surface area contributed by atoms with E-state index in [0.29, 0.717) is 11.6 Å². The first-order valence-electron chi connectivity index (χ1n) is 5.61. The third-order valence-electron chi connectivity index (χ3n) is 2.87. The fourth-order valence-corrected chi connectivity index (χ4v) is 2.15. The van der Waals surface area contributed by atoms with Gasteiger partial charge in [0.2, 0.25) is 0 Å². The van der Waals surface area contributed by atoms with Gasteiger partial charge in [0.15, 0.2) is 0 Å². The van der Waals surface area contributed by atoms with Crippen LogP contribution in [0.1, 0.15) is 11.5 Å². The van der Waals surface area contributed by atoms with E-state index >= 15 is 0 Å². The zero-order valence-corrected chi connectivity index (χ0v) is 10.6. The minimum absolute atomic E-state index is 0.409. The zero-order chi connectivity index (χ0) is 12.5. The van der Waals surface area contributed by atoms with Crippen LogP contribution in [0.15, 0.2) is 36.7 Å². The number of para-hydroxylation sites is 2. The van der Waals surface area contributed by atoms with Crippen LogP contribution >= 0.6 is 11.6 Å². The van der Waals surface area contributed by atoms with Gasteiger partial charge in [-0.25, -0.2) is 9.97 Å². The van der Waals surface area contributed by atoms with Crippen LogP contribution in [0, 0.1) is 0 Å². The second-order valence-electron chi connectivity index (χ2n) is 4.09. The molecular formula is C13H11ClN4. The average molecular weight is 259 g/mol. The van der Waals surface area contributed by atoms with E-state index in [0.717, 1.165) is 22.6 Å². The SMILES string of the molecule is Cn1c(Cc2cncc(Cl)n2)nc2ccccc21. The van der Waals surface area contributed by atoms with E-state index in [1.54, 1.807) is 6.20 Å². The number of hydrogen-bond acceptors (Lipinski definition) is 3. The van der Waals surface area contributed by atoms with Crippen molar-refractivity contribution in [2.24, 2.45) is 7.05 Å². The molecule has 0 aliphatic rings. The van der Waals surface area contributed by atoms with Crippen molar-refractivity contribution in [2.75, 3.05) is 0 Å². The predicted molar refractivity (Wildman–Crippen MR) is 70.6 cm³/mol. The molecule has 90 valence electrons. The number of imidazole rings is 1. The quantitative estimate of drug-likeness (QED) is 0.710. The molecule has 0 N–H and O–H groups in total. The second kappa shape index (κ2) is 4.38. The minimum Gasteiger partial charge on any atom is -0.331 e. The number of fused-ring (bicyclic) bond motifs is 1. The molecule has 3 rings (SSSR count). The first-order chi connectivity index (χ1) is 8.74. The maximum atomic E-state index is 5.83. The molecule has 0 amide bonds. The van der Waals surface area contributed by atoms with E-state index < -0.39 is 0 Å².